The molecule has 3 rings (SSSR count). The van der Waals surface area contributed by atoms with Crippen LogP contribution in [0.1, 0.15) is 136 Å². The molecule has 288 valence electrons. The average Bonchev–Trinajstić information content (AvgIpc) is 2.97. The van der Waals surface area contributed by atoms with E-state index in [1.165, 1.54) is 57.8 Å². The third-order valence-electron chi connectivity index (χ3n) is 6.42. The predicted octanol–water partition coefficient (Wildman–Crippen LogP) is 4.38. The summed E-state index contributed by atoms with van der Waals surface area (Å²) in [5, 5.41) is 0. The Morgan fingerprint density at radius 2 is 0.583 bits per heavy atom. The second kappa shape index (κ2) is 30.6. The van der Waals surface area contributed by atoms with Crippen molar-refractivity contribution in [3.8, 4) is 0 Å². The fourth-order valence-electron chi connectivity index (χ4n) is 4.36. The Kier molecular flexibility index (Phi) is 33.4. The van der Waals surface area contributed by atoms with Gasteiger partial charge in [0.25, 0.3) is 0 Å². The first-order valence-corrected chi connectivity index (χ1v) is 23.9. The van der Waals surface area contributed by atoms with E-state index in [1.807, 2.05) is 20.8 Å². The van der Waals surface area contributed by atoms with Crippen LogP contribution in [0.3, 0.4) is 0 Å². The first-order chi connectivity index (χ1) is 22.0. The van der Waals surface area contributed by atoms with Crippen LogP contribution in [0, 0.1) is 0 Å². The maximum atomic E-state index is 10.9. The van der Waals surface area contributed by atoms with Crippen molar-refractivity contribution in [2.45, 2.75) is 155 Å². The molecule has 0 atom stereocenters. The van der Waals surface area contributed by atoms with Gasteiger partial charge in [0.1, 0.15) is 18.3 Å². The topological polar surface area (TPSA) is 261 Å². The second-order valence-corrected chi connectivity index (χ2v) is 18.3. The van der Waals surface area contributed by atoms with Crippen LogP contribution in [0.25, 0.3) is 0 Å². The number of carbonyl (C=O) groups excluding carboxylic acids is 3. The molecule has 0 amide bonds. The van der Waals surface area contributed by atoms with Gasteiger partial charge in [-0.1, -0.05) is 40.0 Å². The van der Waals surface area contributed by atoms with Crippen LogP contribution in [-0.4, -0.2) is 80.3 Å². The minimum atomic E-state index is -3.81. The normalized spacial score (nSPS) is 17.2. The zero-order valence-electron chi connectivity index (χ0n) is 28.0. The fraction of sp³-hybridized carbons (Fsp3) is 0.889. The number of carbonyl (C=O) groups is 3. The van der Waals surface area contributed by atoms with Crippen LogP contribution in [0.15, 0.2) is 0 Å². The van der Waals surface area contributed by atoms with Crippen LogP contribution in [-0.2, 0) is 64.0 Å². The molecule has 3 aliphatic rings. The third-order valence-corrected chi connectivity index (χ3v) is 6.42. The van der Waals surface area contributed by atoms with Gasteiger partial charge in [-0.15, -0.1) is 0 Å². The number of rotatable bonds is 6. The van der Waals surface area contributed by atoms with E-state index in [4.69, 9.17) is 58.3 Å². The molecule has 15 nitrogen and oxygen atoms in total. The van der Waals surface area contributed by atoms with Crippen LogP contribution in [0.5, 0.6) is 0 Å². The van der Waals surface area contributed by atoms with E-state index in [9.17, 15) is 14.4 Å². The van der Waals surface area contributed by atoms with E-state index in [-0.39, 0.29) is 36.2 Å². The minimum Gasteiger partial charge on any atom is -0.462 e. The van der Waals surface area contributed by atoms with Crippen molar-refractivity contribution < 1.29 is 72.6 Å². The molecule has 0 aromatic carbocycles. The first kappa shape index (κ1) is 52.4. The molecule has 0 bridgehead atoms. The predicted molar refractivity (Wildman–Crippen MR) is 193 cm³/mol. The lowest BCUT2D eigenvalue weighted by molar-refractivity contribution is -0.151. The van der Waals surface area contributed by atoms with Crippen LogP contribution in [0.4, 0.5) is 0 Å². The van der Waals surface area contributed by atoms with Crippen molar-refractivity contribution >= 4 is 73.5 Å². The van der Waals surface area contributed by atoms with E-state index in [0.717, 1.165) is 38.5 Å². The van der Waals surface area contributed by atoms with Gasteiger partial charge in [0.15, 0.2) is 0 Å². The summed E-state index contributed by atoms with van der Waals surface area (Å²) in [5.41, 5.74) is 0. The molecule has 3 saturated carbocycles. The van der Waals surface area contributed by atoms with Crippen molar-refractivity contribution in [2.24, 2.45) is 0 Å². The largest absolute Gasteiger partial charge is 0.462 e. The molecule has 0 spiro atoms. The summed E-state index contributed by atoms with van der Waals surface area (Å²) < 4.78 is 15.6. The van der Waals surface area contributed by atoms with Gasteiger partial charge in [0, 0.05) is 19.3 Å². The molecule has 0 unspecified atom stereocenters. The molecule has 0 aromatic rings. The molecule has 0 aliphatic heterocycles. The molecule has 0 heterocycles. The molecule has 3 aliphatic carbocycles. The molecule has 9 N–H and O–H groups in total. The van der Waals surface area contributed by atoms with Crippen molar-refractivity contribution in [2.75, 3.05) is 0 Å². The van der Waals surface area contributed by atoms with Gasteiger partial charge in [-0.2, -0.15) is 0 Å². The molecule has 3 fully saturated rings. The van der Waals surface area contributed by atoms with Gasteiger partial charge in [0.05, 0.1) is 0 Å². The van der Waals surface area contributed by atoms with E-state index >= 15 is 0 Å². The first-order valence-electron chi connectivity index (χ1n) is 15.9. The molecule has 0 radical (unpaired) electrons. The molecule has 48 heavy (non-hydrogen) atoms. The highest BCUT2D eigenvalue weighted by Gasteiger charge is 2.18. The highest BCUT2D eigenvalue weighted by molar-refractivity contribution is 8.06. The average molecular weight is 811 g/mol. The van der Waals surface area contributed by atoms with Crippen LogP contribution < -0.4 is 0 Å². The summed E-state index contributed by atoms with van der Waals surface area (Å²) >= 11 is 10.8. The Labute approximate surface area is 299 Å². The Morgan fingerprint density at radius 1 is 0.438 bits per heavy atom. The minimum absolute atomic E-state index is 0.0445. The van der Waals surface area contributed by atoms with Gasteiger partial charge >= 0.3 is 38.1 Å². The van der Waals surface area contributed by atoms with Gasteiger partial charge in [0.2, 0.25) is 0 Å². The van der Waals surface area contributed by atoms with E-state index in [1.54, 1.807) is 0 Å². The second-order valence-electron chi connectivity index (χ2n) is 10.9. The van der Waals surface area contributed by atoms with E-state index < -0.39 is 20.2 Å². The summed E-state index contributed by atoms with van der Waals surface area (Å²) in [4.78, 5) is 101. The molecular formula is C27H57O15P3S3. The van der Waals surface area contributed by atoms with Crippen molar-refractivity contribution in [3.63, 3.8) is 0 Å². The van der Waals surface area contributed by atoms with Crippen molar-refractivity contribution in [3.05, 3.63) is 0 Å². The number of hydrogen-bond acceptors (Lipinski definition) is 9. The summed E-state index contributed by atoms with van der Waals surface area (Å²) in [7, 11) is 0. The lowest BCUT2D eigenvalue weighted by atomic mass is 9.98. The lowest BCUT2D eigenvalue weighted by Gasteiger charge is -2.21. The summed E-state index contributed by atoms with van der Waals surface area (Å²) in [6.07, 6.45) is 19.9. The zero-order valence-corrected chi connectivity index (χ0v) is 33.1. The Morgan fingerprint density at radius 3 is 0.708 bits per heavy atom. The number of hydrogen-bond donors (Lipinski definition) is 9. The van der Waals surface area contributed by atoms with Crippen molar-refractivity contribution in [1.82, 2.24) is 0 Å². The van der Waals surface area contributed by atoms with E-state index in [0.29, 0.717) is 19.3 Å². The molecule has 21 heteroatoms. The fourth-order valence-corrected chi connectivity index (χ4v) is 4.36. The Balaban J connectivity index is -0.000000527. The maximum absolute atomic E-state index is 10.9. The van der Waals surface area contributed by atoms with Gasteiger partial charge in [-0.3, -0.25) is 14.4 Å². The summed E-state index contributed by atoms with van der Waals surface area (Å²) in [6, 6.07) is 0. The molecular weight excluding hydrogens is 753 g/mol. The van der Waals surface area contributed by atoms with E-state index in [2.05, 4.69) is 35.4 Å². The Hall–Kier alpha value is -0.000000000000000305. The molecule has 0 saturated heterocycles. The van der Waals surface area contributed by atoms with Gasteiger partial charge in [-0.05, 0) is 112 Å². The maximum Gasteiger partial charge on any atom is 0.319 e. The Bertz CT molecular complexity index is 838. The third kappa shape index (κ3) is 52.8. The number of ether oxygens (including phenoxy) is 3. The standard InChI is InChI=1S/3C9H16O2.3H3O3PS/c3*1-2-9(10)11-8-6-4-3-5-7-8;3*1-4(2,3)5/h3*8H,2-7H2,1H3;3*(H3,1,2,3,5). The number of esters is 3. The lowest BCUT2D eigenvalue weighted by Crippen LogP contribution is -2.20. The van der Waals surface area contributed by atoms with Crippen LogP contribution >= 0.6 is 20.2 Å². The quantitative estimate of drug-likeness (QED) is 0.102. The smallest absolute Gasteiger partial charge is 0.319 e. The van der Waals surface area contributed by atoms with Crippen LogP contribution in [0.2, 0.25) is 0 Å². The SMILES string of the molecule is CCC(=O)OC1CCCCC1.CCC(=O)OC1CCCCC1.CCC(=O)OC1CCCCC1.OP(O)(O)=S.OP(O)(O)=S.OP(O)(O)=S. The van der Waals surface area contributed by atoms with Gasteiger partial charge < -0.3 is 58.3 Å². The highest BCUT2D eigenvalue weighted by atomic mass is 32.5. The van der Waals surface area contributed by atoms with Crippen molar-refractivity contribution in [1.29, 1.82) is 0 Å². The monoisotopic (exact) mass is 810 g/mol. The molecule has 0 aromatic heterocycles. The summed E-state index contributed by atoms with van der Waals surface area (Å²) in [5.74, 6) is -0.134. The highest BCUT2D eigenvalue weighted by Crippen LogP contribution is 2.27. The van der Waals surface area contributed by atoms with Gasteiger partial charge in [-0.25, -0.2) is 0 Å². The zero-order chi connectivity index (χ0) is 37.8. The summed E-state index contributed by atoms with van der Waals surface area (Å²) in [6.45, 7) is -5.90.